The fourth-order valence-corrected chi connectivity index (χ4v) is 4.87. The van der Waals surface area contributed by atoms with Crippen molar-refractivity contribution in [1.29, 1.82) is 0 Å². The van der Waals surface area contributed by atoms with Crippen molar-refractivity contribution in [2.45, 2.75) is 45.9 Å². The first-order valence-electron chi connectivity index (χ1n) is 12.9. The lowest BCUT2D eigenvalue weighted by atomic mass is 10.1. The van der Waals surface area contributed by atoms with Crippen molar-refractivity contribution < 1.29 is 9.13 Å². The van der Waals surface area contributed by atoms with Gasteiger partial charge in [-0.15, -0.1) is 5.10 Å². The summed E-state index contributed by atoms with van der Waals surface area (Å²) < 4.78 is 20.5. The van der Waals surface area contributed by atoms with Gasteiger partial charge in [0.15, 0.2) is 5.82 Å². The minimum atomic E-state index is -0.288. The molecule has 0 fully saturated rings. The second kappa shape index (κ2) is 11.6. The number of aromatic nitrogens is 5. The Morgan fingerprint density at radius 1 is 1.00 bits per heavy atom. The van der Waals surface area contributed by atoms with Crippen molar-refractivity contribution >= 4 is 10.9 Å². The summed E-state index contributed by atoms with van der Waals surface area (Å²) in [5.41, 5.74) is 4.42. The number of aromatic amines is 1. The molecule has 2 aromatic heterocycles. The summed E-state index contributed by atoms with van der Waals surface area (Å²) in [6.45, 7) is 5.45. The van der Waals surface area contributed by atoms with Crippen molar-refractivity contribution in [3.63, 3.8) is 0 Å². The molecule has 5 aromatic rings. The van der Waals surface area contributed by atoms with Gasteiger partial charge >= 0.3 is 0 Å². The van der Waals surface area contributed by atoms with Gasteiger partial charge in [-0.1, -0.05) is 43.3 Å². The number of ether oxygens (including phenoxy) is 1. The molecule has 0 unspecified atom stereocenters. The number of rotatable bonds is 10. The van der Waals surface area contributed by atoms with E-state index in [1.165, 1.54) is 12.1 Å². The average Bonchev–Trinajstić information content (AvgIpc) is 3.39. The number of benzene rings is 3. The Morgan fingerprint density at radius 3 is 2.46 bits per heavy atom. The Labute approximate surface area is 226 Å². The number of hydrogen-bond donors (Lipinski definition) is 1. The predicted octanol–water partition coefficient (Wildman–Crippen LogP) is 5.17. The van der Waals surface area contributed by atoms with Crippen LogP contribution in [0.15, 0.2) is 77.6 Å². The Kier molecular flexibility index (Phi) is 7.79. The van der Waals surface area contributed by atoms with E-state index in [0.29, 0.717) is 37.4 Å². The Bertz CT molecular complexity index is 1610. The lowest BCUT2D eigenvalue weighted by molar-refractivity contribution is 0.161. The number of methoxy groups -OCH3 is 1. The number of tetrazole rings is 1. The van der Waals surface area contributed by atoms with Gasteiger partial charge in [-0.05, 0) is 82.2 Å². The summed E-state index contributed by atoms with van der Waals surface area (Å²) in [6.07, 6.45) is 0.713. The van der Waals surface area contributed by atoms with Gasteiger partial charge in [0, 0.05) is 24.2 Å². The second-order valence-corrected chi connectivity index (χ2v) is 9.71. The molecular formula is C30H31FN6O2. The van der Waals surface area contributed by atoms with E-state index >= 15 is 0 Å². The third kappa shape index (κ3) is 6.04. The van der Waals surface area contributed by atoms with Crippen molar-refractivity contribution in [2.24, 2.45) is 0 Å². The van der Waals surface area contributed by atoms with E-state index in [-0.39, 0.29) is 17.4 Å². The zero-order chi connectivity index (χ0) is 27.4. The molecule has 0 aliphatic rings. The van der Waals surface area contributed by atoms with Crippen molar-refractivity contribution in [3.05, 3.63) is 117 Å². The van der Waals surface area contributed by atoms with E-state index < -0.39 is 0 Å². The Hall–Kier alpha value is -4.37. The predicted molar refractivity (Wildman–Crippen MR) is 148 cm³/mol. The number of halogens is 1. The zero-order valence-corrected chi connectivity index (χ0v) is 22.3. The van der Waals surface area contributed by atoms with Crippen LogP contribution in [0.1, 0.15) is 47.5 Å². The molecule has 8 nitrogen and oxygen atoms in total. The van der Waals surface area contributed by atoms with Gasteiger partial charge in [-0.25, -0.2) is 9.07 Å². The van der Waals surface area contributed by atoms with Gasteiger partial charge in [-0.2, -0.15) is 0 Å². The van der Waals surface area contributed by atoms with Crippen LogP contribution in [0.25, 0.3) is 10.9 Å². The number of nitrogens with zero attached hydrogens (tertiary/aromatic N) is 5. The maximum absolute atomic E-state index is 13.5. The molecule has 0 spiro atoms. The fourth-order valence-electron chi connectivity index (χ4n) is 4.87. The van der Waals surface area contributed by atoms with Crippen LogP contribution in [0.5, 0.6) is 5.75 Å². The Balaban J connectivity index is 1.51. The quantitative estimate of drug-likeness (QED) is 0.270. The molecule has 1 N–H and O–H groups in total. The van der Waals surface area contributed by atoms with Crippen LogP contribution in [-0.2, 0) is 19.6 Å². The van der Waals surface area contributed by atoms with Crippen LogP contribution in [0.4, 0.5) is 4.39 Å². The first kappa shape index (κ1) is 26.2. The van der Waals surface area contributed by atoms with Crippen LogP contribution in [0, 0.1) is 12.7 Å². The van der Waals surface area contributed by atoms with Crippen molar-refractivity contribution in [2.75, 3.05) is 7.11 Å². The highest BCUT2D eigenvalue weighted by Crippen LogP contribution is 2.27. The minimum Gasteiger partial charge on any atom is -0.497 e. The summed E-state index contributed by atoms with van der Waals surface area (Å²) in [5, 5.41) is 13.6. The van der Waals surface area contributed by atoms with Crippen LogP contribution < -0.4 is 10.3 Å². The van der Waals surface area contributed by atoms with Crippen molar-refractivity contribution in [1.82, 2.24) is 30.1 Å². The Morgan fingerprint density at radius 2 is 1.74 bits per heavy atom. The molecule has 1 atom stereocenters. The SMILES string of the molecule is CC[C@H](c1nnnn1Cc1ccc(F)cc1)N(Cc1ccc(OC)cc1)Cc1cc2ccc(C)cc2[nH]c1=O. The molecule has 0 saturated heterocycles. The van der Waals surface area contributed by atoms with Gasteiger partial charge in [0.05, 0.1) is 19.7 Å². The number of aryl methyl sites for hydroxylation is 1. The van der Waals surface area contributed by atoms with Crippen LogP contribution in [0.2, 0.25) is 0 Å². The van der Waals surface area contributed by atoms with Gasteiger partial charge in [0.25, 0.3) is 5.56 Å². The van der Waals surface area contributed by atoms with E-state index in [2.05, 4.69) is 32.3 Å². The second-order valence-electron chi connectivity index (χ2n) is 9.71. The highest BCUT2D eigenvalue weighted by molar-refractivity contribution is 5.79. The molecule has 0 amide bonds. The fraction of sp³-hybridized carbons (Fsp3) is 0.267. The number of hydrogen-bond acceptors (Lipinski definition) is 6. The van der Waals surface area contributed by atoms with Gasteiger partial charge in [0.1, 0.15) is 11.6 Å². The van der Waals surface area contributed by atoms with Gasteiger partial charge < -0.3 is 9.72 Å². The molecule has 200 valence electrons. The summed E-state index contributed by atoms with van der Waals surface area (Å²) in [6, 6.07) is 22.0. The smallest absolute Gasteiger partial charge is 0.252 e. The van der Waals surface area contributed by atoms with Gasteiger partial charge in [-0.3, -0.25) is 9.69 Å². The topological polar surface area (TPSA) is 88.9 Å². The molecule has 2 heterocycles. The highest BCUT2D eigenvalue weighted by atomic mass is 19.1. The number of H-pyrrole nitrogens is 1. The molecule has 0 aliphatic carbocycles. The number of nitrogens with one attached hydrogen (secondary N) is 1. The largest absolute Gasteiger partial charge is 0.497 e. The molecule has 39 heavy (non-hydrogen) atoms. The summed E-state index contributed by atoms with van der Waals surface area (Å²) in [4.78, 5) is 18.4. The minimum absolute atomic E-state index is 0.117. The van der Waals surface area contributed by atoms with E-state index in [1.807, 2.05) is 55.5 Å². The van der Waals surface area contributed by atoms with Crippen LogP contribution >= 0.6 is 0 Å². The molecule has 5 rings (SSSR count). The summed E-state index contributed by atoms with van der Waals surface area (Å²) in [7, 11) is 1.64. The zero-order valence-electron chi connectivity index (χ0n) is 22.3. The first-order valence-corrected chi connectivity index (χ1v) is 12.9. The van der Waals surface area contributed by atoms with Crippen LogP contribution in [0.3, 0.4) is 0 Å². The first-order chi connectivity index (χ1) is 18.9. The molecular weight excluding hydrogens is 495 g/mol. The lowest BCUT2D eigenvalue weighted by Crippen LogP contribution is -2.32. The third-order valence-electron chi connectivity index (χ3n) is 6.93. The maximum Gasteiger partial charge on any atom is 0.252 e. The standard InChI is InChI=1S/C30H31FN6O2/c1-4-28(29-33-34-35-37(29)18-22-6-11-25(31)12-7-22)36(17-21-8-13-26(39-3)14-9-21)19-24-16-23-10-5-20(2)15-27(23)32-30(24)38/h5-16,28H,4,17-19H2,1-3H3,(H,32,38)/t28-/m1/s1. The number of pyridine rings is 1. The molecule has 3 aromatic carbocycles. The molecule has 0 bridgehead atoms. The van der Waals surface area contributed by atoms with Crippen LogP contribution in [-0.4, -0.2) is 37.2 Å². The monoisotopic (exact) mass is 526 g/mol. The summed E-state index contributed by atoms with van der Waals surface area (Å²) >= 11 is 0. The van der Waals surface area contributed by atoms with Gasteiger partial charge in [0.2, 0.25) is 0 Å². The average molecular weight is 527 g/mol. The molecule has 9 heteroatoms. The maximum atomic E-state index is 13.5. The van der Waals surface area contributed by atoms with E-state index in [1.54, 1.807) is 23.9 Å². The van der Waals surface area contributed by atoms with E-state index in [0.717, 1.165) is 33.3 Å². The summed E-state index contributed by atoms with van der Waals surface area (Å²) in [5.74, 6) is 1.17. The van der Waals surface area contributed by atoms with Crippen molar-refractivity contribution in [3.8, 4) is 5.75 Å². The molecule has 0 aliphatic heterocycles. The van der Waals surface area contributed by atoms with E-state index in [9.17, 15) is 9.18 Å². The normalized spacial score (nSPS) is 12.2. The lowest BCUT2D eigenvalue weighted by Gasteiger charge is -2.30. The molecule has 0 saturated carbocycles. The number of fused-ring (bicyclic) bond motifs is 1. The third-order valence-corrected chi connectivity index (χ3v) is 6.93. The molecule has 0 radical (unpaired) electrons. The highest BCUT2D eigenvalue weighted by Gasteiger charge is 2.26. The van der Waals surface area contributed by atoms with E-state index in [4.69, 9.17) is 4.74 Å².